The summed E-state index contributed by atoms with van der Waals surface area (Å²) in [7, 11) is -0.423. The zero-order valence-corrected chi connectivity index (χ0v) is 18.3. The fourth-order valence-electron chi connectivity index (χ4n) is 4.30. The van der Waals surface area contributed by atoms with Crippen molar-refractivity contribution in [3.63, 3.8) is 0 Å². The molecule has 0 saturated carbocycles. The van der Waals surface area contributed by atoms with E-state index in [1.807, 2.05) is 12.3 Å². The molecular weight excluding hydrogens is 345 g/mol. The van der Waals surface area contributed by atoms with E-state index in [1.54, 1.807) is 10.6 Å². The summed E-state index contributed by atoms with van der Waals surface area (Å²) >= 11 is 0. The highest BCUT2D eigenvalue weighted by molar-refractivity contribution is 7.73. The van der Waals surface area contributed by atoms with Crippen LogP contribution in [0.3, 0.4) is 0 Å². The lowest BCUT2D eigenvalue weighted by Crippen LogP contribution is -2.24. The quantitative estimate of drug-likeness (QED) is 0.528. The summed E-state index contributed by atoms with van der Waals surface area (Å²) in [6.45, 7) is 13.5. The molecule has 0 aliphatic heterocycles. The highest BCUT2D eigenvalue weighted by Crippen LogP contribution is 2.39. The molecule has 0 bridgehead atoms. The zero-order valence-electron chi connectivity index (χ0n) is 17.4. The molecule has 0 atom stereocenters. The first kappa shape index (κ1) is 19.8. The highest BCUT2D eigenvalue weighted by Gasteiger charge is 2.22. The summed E-state index contributed by atoms with van der Waals surface area (Å²) in [4.78, 5) is 4.57. The maximum atomic E-state index is 4.57. The second-order valence-electron chi connectivity index (χ2n) is 7.72. The Morgan fingerprint density at radius 3 is 1.59 bits per heavy atom. The van der Waals surface area contributed by atoms with Crippen LogP contribution < -0.4 is 10.6 Å². The van der Waals surface area contributed by atoms with Crippen LogP contribution in [0.2, 0.25) is 0 Å². The number of aromatic nitrogens is 1. The number of pyridine rings is 1. The Morgan fingerprint density at radius 2 is 1.19 bits per heavy atom. The smallest absolute Gasteiger partial charge is 0.0407 e. The molecule has 2 heteroatoms. The summed E-state index contributed by atoms with van der Waals surface area (Å²) in [5, 5.41) is 3.11. The van der Waals surface area contributed by atoms with Gasteiger partial charge in [-0.05, 0) is 107 Å². The van der Waals surface area contributed by atoms with Gasteiger partial charge in [-0.15, -0.1) is 0 Å². The molecule has 2 aromatic carbocycles. The van der Waals surface area contributed by atoms with E-state index in [0.29, 0.717) is 0 Å². The Bertz CT molecular complexity index is 840. The van der Waals surface area contributed by atoms with E-state index in [1.165, 1.54) is 39.1 Å². The summed E-state index contributed by atoms with van der Waals surface area (Å²) < 4.78 is 0. The van der Waals surface area contributed by atoms with Crippen molar-refractivity contribution in [1.29, 1.82) is 0 Å². The predicted octanol–water partition coefficient (Wildman–Crippen LogP) is 5.61. The molecule has 0 N–H and O–H groups in total. The third-order valence-corrected chi connectivity index (χ3v) is 8.29. The van der Waals surface area contributed by atoms with Gasteiger partial charge in [0.05, 0.1) is 0 Å². The third-order valence-electron chi connectivity index (χ3n) is 5.13. The Hall–Kier alpha value is -1.98. The van der Waals surface area contributed by atoms with Crippen LogP contribution in [0.4, 0.5) is 0 Å². The van der Waals surface area contributed by atoms with Crippen LogP contribution in [0.1, 0.15) is 39.1 Å². The van der Waals surface area contributed by atoms with E-state index < -0.39 is 7.92 Å². The molecule has 0 fully saturated rings. The molecule has 1 aromatic heterocycles. The topological polar surface area (TPSA) is 12.9 Å². The molecule has 0 aliphatic carbocycles. The minimum atomic E-state index is -0.423. The highest BCUT2D eigenvalue weighted by atomic mass is 31.1. The lowest BCUT2D eigenvalue weighted by molar-refractivity contribution is 1.04. The first-order chi connectivity index (χ1) is 12.9. The van der Waals surface area contributed by atoms with Gasteiger partial charge in [0.1, 0.15) is 0 Å². The van der Waals surface area contributed by atoms with Crippen molar-refractivity contribution < 1.29 is 0 Å². The molecule has 27 heavy (non-hydrogen) atoms. The van der Waals surface area contributed by atoms with Crippen LogP contribution in [0.5, 0.6) is 0 Å². The SMILES string of the molecule is Cc1cc(C)c(P(CCc2ccccn2)c2c(C)cc(C)cc2C)c(C)c1. The van der Waals surface area contributed by atoms with Gasteiger partial charge in [0.25, 0.3) is 0 Å². The van der Waals surface area contributed by atoms with Gasteiger partial charge in [-0.3, -0.25) is 4.98 Å². The minimum absolute atomic E-state index is 0.423. The third kappa shape index (κ3) is 4.47. The number of nitrogens with zero attached hydrogens (tertiary/aromatic N) is 1. The molecule has 0 saturated heterocycles. The average molecular weight is 375 g/mol. The maximum absolute atomic E-state index is 4.57. The molecule has 0 unspecified atom stereocenters. The van der Waals surface area contributed by atoms with E-state index in [4.69, 9.17) is 0 Å². The Kier molecular flexibility index (Phi) is 6.12. The van der Waals surface area contributed by atoms with Gasteiger partial charge in [0.2, 0.25) is 0 Å². The molecule has 3 rings (SSSR count). The molecule has 1 heterocycles. The van der Waals surface area contributed by atoms with Crippen molar-refractivity contribution in [2.24, 2.45) is 0 Å². The van der Waals surface area contributed by atoms with Crippen LogP contribution >= 0.6 is 7.92 Å². The molecule has 0 aliphatic rings. The van der Waals surface area contributed by atoms with E-state index in [0.717, 1.165) is 12.6 Å². The van der Waals surface area contributed by atoms with E-state index in [-0.39, 0.29) is 0 Å². The van der Waals surface area contributed by atoms with Crippen LogP contribution in [-0.2, 0) is 6.42 Å². The molecule has 0 amide bonds. The first-order valence-electron chi connectivity index (χ1n) is 9.70. The number of hydrogen-bond acceptors (Lipinski definition) is 1. The van der Waals surface area contributed by atoms with Crippen molar-refractivity contribution in [2.75, 3.05) is 6.16 Å². The second kappa shape index (κ2) is 8.36. The summed E-state index contributed by atoms with van der Waals surface area (Å²) in [5.41, 5.74) is 9.61. The summed E-state index contributed by atoms with van der Waals surface area (Å²) in [5.74, 6) is 0. The second-order valence-corrected chi connectivity index (χ2v) is 9.92. The number of benzene rings is 2. The van der Waals surface area contributed by atoms with Crippen molar-refractivity contribution >= 4 is 18.5 Å². The van der Waals surface area contributed by atoms with Gasteiger partial charge in [0.15, 0.2) is 0 Å². The number of aryl methyl sites for hydroxylation is 7. The lowest BCUT2D eigenvalue weighted by Gasteiger charge is -2.27. The van der Waals surface area contributed by atoms with E-state index in [9.17, 15) is 0 Å². The molecular formula is C25H30NP. The normalized spacial score (nSPS) is 11.2. The van der Waals surface area contributed by atoms with E-state index in [2.05, 4.69) is 82.9 Å². The van der Waals surface area contributed by atoms with Crippen LogP contribution in [0.25, 0.3) is 0 Å². The Balaban J connectivity index is 2.10. The summed E-state index contributed by atoms with van der Waals surface area (Å²) in [6.07, 6.45) is 4.07. The lowest BCUT2D eigenvalue weighted by atomic mass is 10.1. The zero-order chi connectivity index (χ0) is 19.6. The van der Waals surface area contributed by atoms with Gasteiger partial charge in [0, 0.05) is 11.9 Å². The van der Waals surface area contributed by atoms with Crippen molar-refractivity contribution in [1.82, 2.24) is 4.98 Å². The first-order valence-corrected chi connectivity index (χ1v) is 11.2. The average Bonchev–Trinajstić information content (AvgIpc) is 2.58. The number of hydrogen-bond donors (Lipinski definition) is 0. The van der Waals surface area contributed by atoms with Gasteiger partial charge in [-0.1, -0.05) is 41.5 Å². The van der Waals surface area contributed by atoms with Gasteiger partial charge in [-0.2, -0.15) is 0 Å². The Morgan fingerprint density at radius 1 is 0.704 bits per heavy atom. The van der Waals surface area contributed by atoms with Crippen molar-refractivity contribution in [3.8, 4) is 0 Å². The maximum Gasteiger partial charge on any atom is 0.0407 e. The van der Waals surface area contributed by atoms with Crippen LogP contribution in [0, 0.1) is 41.5 Å². The monoisotopic (exact) mass is 375 g/mol. The van der Waals surface area contributed by atoms with Gasteiger partial charge < -0.3 is 0 Å². The fraction of sp³-hybridized carbons (Fsp3) is 0.320. The van der Waals surface area contributed by atoms with Crippen molar-refractivity contribution in [3.05, 3.63) is 87.7 Å². The summed E-state index contributed by atoms with van der Waals surface area (Å²) in [6, 6.07) is 15.6. The molecule has 1 nitrogen and oxygen atoms in total. The number of rotatable bonds is 5. The van der Waals surface area contributed by atoms with E-state index >= 15 is 0 Å². The largest absolute Gasteiger partial charge is 0.261 e. The Labute approximate surface area is 165 Å². The van der Waals surface area contributed by atoms with Crippen molar-refractivity contribution in [2.45, 2.75) is 48.0 Å². The fourth-order valence-corrected chi connectivity index (χ4v) is 7.39. The standard InChI is InChI=1S/C25H30NP/c1-17-13-19(3)24(20(4)14-17)27(12-10-23-9-7-8-11-26-23)25-21(5)15-18(2)16-22(25)6/h7-9,11,13-16H,10,12H2,1-6H3. The minimum Gasteiger partial charge on any atom is -0.261 e. The van der Waals surface area contributed by atoms with Crippen LogP contribution in [-0.4, -0.2) is 11.1 Å². The molecule has 3 aromatic rings. The molecule has 0 spiro atoms. The predicted molar refractivity (Wildman–Crippen MR) is 120 cm³/mol. The van der Waals surface area contributed by atoms with Gasteiger partial charge >= 0.3 is 0 Å². The molecule has 0 radical (unpaired) electrons. The van der Waals surface area contributed by atoms with Gasteiger partial charge in [-0.25, -0.2) is 0 Å². The van der Waals surface area contributed by atoms with Crippen LogP contribution in [0.15, 0.2) is 48.7 Å². The molecule has 140 valence electrons.